The lowest BCUT2D eigenvalue weighted by atomic mass is 10.1. The number of carbonyl (C=O) groups is 2. The summed E-state index contributed by atoms with van der Waals surface area (Å²) in [5.74, 6) is -0.306. The lowest BCUT2D eigenvalue weighted by Crippen LogP contribution is -2.31. The van der Waals surface area contributed by atoms with Crippen LogP contribution in [0, 0.1) is 0 Å². The third kappa shape index (κ3) is 2.08. The Kier molecular flexibility index (Phi) is 2.75. The molecule has 5 heteroatoms. The summed E-state index contributed by atoms with van der Waals surface area (Å²) in [6.07, 6.45) is 0. The molecule has 0 spiro atoms. The number of anilines is 2. The molecule has 0 saturated heterocycles. The number of amides is 2. The Balaban J connectivity index is 2.50. The number of carbonyl (C=O) groups excluding carboxylic acids is 2. The van der Waals surface area contributed by atoms with Crippen LogP contribution in [0.25, 0.3) is 0 Å². The van der Waals surface area contributed by atoms with Gasteiger partial charge >= 0.3 is 0 Å². The molecule has 0 radical (unpaired) electrons. The number of nitrogens with one attached hydrogen (secondary N) is 1. The van der Waals surface area contributed by atoms with Gasteiger partial charge in [0.2, 0.25) is 5.91 Å². The first-order valence-electron chi connectivity index (χ1n) is 5.35. The predicted octanol–water partition coefficient (Wildman–Crippen LogP) is 0.777. The minimum atomic E-state index is -0.171. The molecule has 1 aliphatic heterocycles. The lowest BCUT2D eigenvalue weighted by molar-refractivity contribution is -0.116. The van der Waals surface area contributed by atoms with Crippen molar-refractivity contribution in [2.75, 3.05) is 37.9 Å². The normalized spacial score (nSPS) is 15.1. The fourth-order valence-corrected chi connectivity index (χ4v) is 1.78. The van der Waals surface area contributed by atoms with Crippen molar-refractivity contribution in [1.29, 1.82) is 0 Å². The standard InChI is InChI=1S/C12H15N3O2/c1-14(2)8-4-5-9-10(6-8)13-11(16)7-15(3)12(9)17/h4-6H,7H2,1-3H3,(H,13,16). The van der Waals surface area contributed by atoms with Crippen LogP contribution in [-0.2, 0) is 4.79 Å². The number of rotatable bonds is 1. The van der Waals surface area contributed by atoms with Crippen molar-refractivity contribution in [2.45, 2.75) is 0 Å². The number of benzene rings is 1. The van der Waals surface area contributed by atoms with E-state index in [4.69, 9.17) is 0 Å². The second-order valence-corrected chi connectivity index (χ2v) is 4.33. The molecule has 0 unspecified atom stereocenters. The molecule has 0 aliphatic carbocycles. The zero-order valence-electron chi connectivity index (χ0n) is 10.2. The van der Waals surface area contributed by atoms with Crippen LogP contribution in [0.5, 0.6) is 0 Å². The van der Waals surface area contributed by atoms with Gasteiger partial charge in [-0.15, -0.1) is 0 Å². The molecule has 2 rings (SSSR count). The molecular formula is C12H15N3O2. The van der Waals surface area contributed by atoms with Crippen LogP contribution in [0.1, 0.15) is 10.4 Å². The van der Waals surface area contributed by atoms with E-state index >= 15 is 0 Å². The number of likely N-dealkylation sites (N-methyl/N-ethyl adjacent to an activating group) is 1. The van der Waals surface area contributed by atoms with Gasteiger partial charge in [0, 0.05) is 26.8 Å². The minimum absolute atomic E-state index is 0.0881. The Morgan fingerprint density at radius 1 is 1.29 bits per heavy atom. The summed E-state index contributed by atoms with van der Waals surface area (Å²) >= 11 is 0. The molecule has 5 nitrogen and oxygen atoms in total. The smallest absolute Gasteiger partial charge is 0.256 e. The molecule has 1 aromatic carbocycles. The molecule has 0 saturated carbocycles. The van der Waals surface area contributed by atoms with Gasteiger partial charge in [-0.2, -0.15) is 0 Å². The van der Waals surface area contributed by atoms with Gasteiger partial charge in [0.1, 0.15) is 0 Å². The Morgan fingerprint density at radius 2 is 2.00 bits per heavy atom. The zero-order chi connectivity index (χ0) is 12.6. The van der Waals surface area contributed by atoms with Gasteiger partial charge in [-0.1, -0.05) is 0 Å². The first-order chi connectivity index (χ1) is 7.99. The van der Waals surface area contributed by atoms with E-state index in [2.05, 4.69) is 5.32 Å². The Hall–Kier alpha value is -2.04. The lowest BCUT2D eigenvalue weighted by Gasteiger charge is -2.15. The van der Waals surface area contributed by atoms with Gasteiger partial charge in [-0.05, 0) is 18.2 Å². The van der Waals surface area contributed by atoms with Crippen molar-refractivity contribution in [3.8, 4) is 0 Å². The number of hydrogen-bond donors (Lipinski definition) is 1. The summed E-state index contributed by atoms with van der Waals surface area (Å²) in [7, 11) is 5.44. The molecular weight excluding hydrogens is 218 g/mol. The quantitative estimate of drug-likeness (QED) is 0.779. The van der Waals surface area contributed by atoms with E-state index in [9.17, 15) is 9.59 Å². The zero-order valence-corrected chi connectivity index (χ0v) is 10.2. The summed E-state index contributed by atoms with van der Waals surface area (Å²) in [5.41, 5.74) is 2.06. The average Bonchev–Trinajstić information content (AvgIpc) is 2.36. The topological polar surface area (TPSA) is 52.7 Å². The van der Waals surface area contributed by atoms with Crippen LogP contribution in [0.15, 0.2) is 18.2 Å². The van der Waals surface area contributed by atoms with E-state index in [1.165, 1.54) is 4.90 Å². The second-order valence-electron chi connectivity index (χ2n) is 4.33. The molecule has 1 heterocycles. The third-order valence-electron chi connectivity index (χ3n) is 2.75. The van der Waals surface area contributed by atoms with Crippen molar-refractivity contribution in [3.05, 3.63) is 23.8 Å². The van der Waals surface area contributed by atoms with Crippen molar-refractivity contribution in [1.82, 2.24) is 4.90 Å². The Morgan fingerprint density at radius 3 is 2.65 bits per heavy atom. The van der Waals surface area contributed by atoms with Gasteiger partial charge in [-0.3, -0.25) is 9.59 Å². The molecule has 2 amide bonds. The van der Waals surface area contributed by atoms with Crippen LogP contribution < -0.4 is 10.2 Å². The van der Waals surface area contributed by atoms with Crippen LogP contribution in [-0.4, -0.2) is 44.4 Å². The maximum absolute atomic E-state index is 12.0. The van der Waals surface area contributed by atoms with E-state index in [1.54, 1.807) is 13.1 Å². The van der Waals surface area contributed by atoms with Crippen molar-refractivity contribution in [3.63, 3.8) is 0 Å². The van der Waals surface area contributed by atoms with Crippen molar-refractivity contribution in [2.24, 2.45) is 0 Å². The fourth-order valence-electron chi connectivity index (χ4n) is 1.78. The molecule has 1 aromatic rings. The fraction of sp³-hybridized carbons (Fsp3) is 0.333. The summed E-state index contributed by atoms with van der Waals surface area (Å²) in [5, 5.41) is 2.75. The Labute approximate surface area is 100 Å². The number of nitrogens with zero attached hydrogens (tertiary/aromatic N) is 2. The van der Waals surface area contributed by atoms with Gasteiger partial charge in [0.05, 0.1) is 17.8 Å². The Bertz CT molecular complexity index is 483. The number of fused-ring (bicyclic) bond motifs is 1. The maximum Gasteiger partial charge on any atom is 0.256 e. The number of hydrogen-bond acceptors (Lipinski definition) is 3. The molecule has 17 heavy (non-hydrogen) atoms. The van der Waals surface area contributed by atoms with Crippen LogP contribution >= 0.6 is 0 Å². The SMILES string of the molecule is CN1CC(=O)Nc2cc(N(C)C)ccc2C1=O. The molecule has 1 aliphatic rings. The van der Waals surface area contributed by atoms with E-state index in [1.807, 2.05) is 31.1 Å². The van der Waals surface area contributed by atoms with E-state index in [0.29, 0.717) is 11.3 Å². The van der Waals surface area contributed by atoms with Gasteiger partial charge in [-0.25, -0.2) is 0 Å². The molecule has 0 atom stereocenters. The van der Waals surface area contributed by atoms with Crippen molar-refractivity contribution >= 4 is 23.2 Å². The third-order valence-corrected chi connectivity index (χ3v) is 2.75. The largest absolute Gasteiger partial charge is 0.378 e. The monoisotopic (exact) mass is 233 g/mol. The highest BCUT2D eigenvalue weighted by Gasteiger charge is 2.23. The molecule has 1 N–H and O–H groups in total. The molecule has 90 valence electrons. The van der Waals surface area contributed by atoms with Crippen LogP contribution in [0.4, 0.5) is 11.4 Å². The highest BCUT2D eigenvalue weighted by molar-refractivity contribution is 6.08. The van der Waals surface area contributed by atoms with Gasteiger partial charge < -0.3 is 15.1 Å². The predicted molar refractivity (Wildman–Crippen MR) is 66.4 cm³/mol. The van der Waals surface area contributed by atoms with E-state index in [-0.39, 0.29) is 18.4 Å². The molecule has 0 bridgehead atoms. The molecule has 0 aromatic heterocycles. The molecule has 0 fully saturated rings. The maximum atomic E-state index is 12.0. The van der Waals surface area contributed by atoms with Gasteiger partial charge in [0.25, 0.3) is 5.91 Å². The van der Waals surface area contributed by atoms with E-state index in [0.717, 1.165) is 5.69 Å². The van der Waals surface area contributed by atoms with Gasteiger partial charge in [0.15, 0.2) is 0 Å². The first kappa shape index (κ1) is 11.4. The van der Waals surface area contributed by atoms with Crippen LogP contribution in [0.2, 0.25) is 0 Å². The van der Waals surface area contributed by atoms with E-state index < -0.39 is 0 Å². The van der Waals surface area contributed by atoms with Crippen molar-refractivity contribution < 1.29 is 9.59 Å². The average molecular weight is 233 g/mol. The summed E-state index contributed by atoms with van der Waals surface area (Å²) in [6, 6.07) is 5.42. The highest BCUT2D eigenvalue weighted by atomic mass is 16.2. The minimum Gasteiger partial charge on any atom is -0.378 e. The van der Waals surface area contributed by atoms with Crippen LogP contribution in [0.3, 0.4) is 0 Å². The summed E-state index contributed by atoms with van der Waals surface area (Å²) < 4.78 is 0. The second kappa shape index (κ2) is 4.08. The summed E-state index contributed by atoms with van der Waals surface area (Å²) in [6.45, 7) is 0.0881. The summed E-state index contributed by atoms with van der Waals surface area (Å²) in [4.78, 5) is 26.9. The highest BCUT2D eigenvalue weighted by Crippen LogP contribution is 2.25. The first-order valence-corrected chi connectivity index (χ1v) is 5.35.